The number of halogens is 3. The zero-order chi connectivity index (χ0) is 11.4. The lowest BCUT2D eigenvalue weighted by atomic mass is 10.1. The summed E-state index contributed by atoms with van der Waals surface area (Å²) in [6.07, 6.45) is -1.69. The number of hydrogen-bond acceptors (Lipinski definition) is 3. The van der Waals surface area contributed by atoms with Crippen molar-refractivity contribution in [1.29, 1.82) is 10.5 Å². The Morgan fingerprint density at radius 3 is 2.60 bits per heavy atom. The van der Waals surface area contributed by atoms with Crippen molar-refractivity contribution in [3.8, 4) is 12.1 Å². The highest BCUT2D eigenvalue weighted by atomic mass is 127. The van der Waals surface area contributed by atoms with E-state index in [0.29, 0.717) is 3.57 Å². The molecular weight excluding hydrogens is 315 g/mol. The maximum Gasteiger partial charge on any atom is 0.266 e. The number of pyridine rings is 1. The Hall–Kier alpha value is -1.28. The molecule has 0 saturated heterocycles. The van der Waals surface area contributed by atoms with E-state index in [1.54, 1.807) is 34.7 Å². The minimum Gasteiger partial charge on any atom is -0.259 e. The number of aromatic nitrogens is 1. The van der Waals surface area contributed by atoms with Gasteiger partial charge in [0.2, 0.25) is 0 Å². The summed E-state index contributed by atoms with van der Waals surface area (Å²) in [5.41, 5.74) is -0.540. The molecule has 0 N–H and O–H groups in total. The van der Waals surface area contributed by atoms with Crippen LogP contribution in [0.15, 0.2) is 6.20 Å². The van der Waals surface area contributed by atoms with E-state index in [0.717, 1.165) is 0 Å². The van der Waals surface area contributed by atoms with Crippen LogP contribution < -0.4 is 0 Å². The SMILES string of the molecule is N#CCc1ncc(I)c(C#N)c1C(F)F. The zero-order valence-electron chi connectivity index (χ0n) is 7.34. The van der Waals surface area contributed by atoms with Crippen molar-refractivity contribution in [3.63, 3.8) is 0 Å². The van der Waals surface area contributed by atoms with Crippen molar-refractivity contribution >= 4 is 22.6 Å². The van der Waals surface area contributed by atoms with Gasteiger partial charge in [0.15, 0.2) is 0 Å². The second-order valence-corrected chi connectivity index (χ2v) is 3.75. The van der Waals surface area contributed by atoms with E-state index in [4.69, 9.17) is 10.5 Å². The van der Waals surface area contributed by atoms with E-state index in [2.05, 4.69) is 4.98 Å². The van der Waals surface area contributed by atoms with Gasteiger partial charge in [0.25, 0.3) is 6.43 Å². The third-order valence-corrected chi connectivity index (χ3v) is 2.55. The smallest absolute Gasteiger partial charge is 0.259 e. The van der Waals surface area contributed by atoms with E-state index in [1.165, 1.54) is 6.20 Å². The monoisotopic (exact) mass is 319 g/mol. The lowest BCUT2D eigenvalue weighted by Crippen LogP contribution is -2.03. The van der Waals surface area contributed by atoms with Gasteiger partial charge in [0.1, 0.15) is 6.07 Å². The van der Waals surface area contributed by atoms with Crippen molar-refractivity contribution < 1.29 is 8.78 Å². The van der Waals surface area contributed by atoms with Gasteiger partial charge in [-0.15, -0.1) is 0 Å². The first-order valence-corrected chi connectivity index (χ1v) is 4.92. The summed E-state index contributed by atoms with van der Waals surface area (Å²) < 4.78 is 25.7. The van der Waals surface area contributed by atoms with Crippen LogP contribution in [0.5, 0.6) is 0 Å². The van der Waals surface area contributed by atoms with E-state index in [9.17, 15) is 8.78 Å². The molecule has 1 aromatic heterocycles. The molecule has 0 aliphatic rings. The van der Waals surface area contributed by atoms with Gasteiger partial charge >= 0.3 is 0 Å². The fourth-order valence-electron chi connectivity index (χ4n) is 1.11. The van der Waals surface area contributed by atoms with Crippen LogP contribution in [0.2, 0.25) is 0 Å². The van der Waals surface area contributed by atoms with Crippen molar-refractivity contribution in [3.05, 3.63) is 26.6 Å². The third-order valence-electron chi connectivity index (χ3n) is 1.73. The Kier molecular flexibility index (Phi) is 3.92. The van der Waals surface area contributed by atoms with Gasteiger partial charge in [0, 0.05) is 9.77 Å². The number of hydrogen-bond donors (Lipinski definition) is 0. The maximum atomic E-state index is 12.7. The summed E-state index contributed by atoms with van der Waals surface area (Å²) in [4.78, 5) is 3.74. The molecule has 0 radical (unpaired) electrons. The van der Waals surface area contributed by atoms with E-state index in [1.807, 2.05) is 0 Å². The molecule has 1 heterocycles. The summed E-state index contributed by atoms with van der Waals surface area (Å²) in [6.45, 7) is 0. The molecule has 1 aromatic rings. The van der Waals surface area contributed by atoms with Gasteiger partial charge in [-0.3, -0.25) is 4.98 Å². The van der Waals surface area contributed by atoms with Crippen LogP contribution in [-0.2, 0) is 6.42 Å². The van der Waals surface area contributed by atoms with Gasteiger partial charge in [-0.2, -0.15) is 10.5 Å². The van der Waals surface area contributed by atoms with Crippen molar-refractivity contribution in [2.24, 2.45) is 0 Å². The number of nitrogens with zero attached hydrogens (tertiary/aromatic N) is 3. The molecule has 0 aliphatic heterocycles. The van der Waals surface area contributed by atoms with Crippen LogP contribution in [0.1, 0.15) is 23.2 Å². The molecule has 1 rings (SSSR count). The number of alkyl halides is 2. The van der Waals surface area contributed by atoms with Gasteiger partial charge in [-0.1, -0.05) is 0 Å². The maximum absolute atomic E-state index is 12.7. The fraction of sp³-hybridized carbons (Fsp3) is 0.222. The Morgan fingerprint density at radius 1 is 1.47 bits per heavy atom. The minimum absolute atomic E-state index is 0.0236. The number of nitriles is 2. The second-order valence-electron chi connectivity index (χ2n) is 2.59. The molecule has 0 bridgehead atoms. The summed E-state index contributed by atoms with van der Waals surface area (Å²) in [6, 6.07) is 3.45. The predicted molar refractivity (Wildman–Crippen MR) is 55.9 cm³/mol. The molecule has 6 heteroatoms. The van der Waals surface area contributed by atoms with Gasteiger partial charge in [-0.25, -0.2) is 8.78 Å². The van der Waals surface area contributed by atoms with Crippen molar-refractivity contribution in [2.75, 3.05) is 0 Å². The molecule has 0 amide bonds. The molecule has 0 spiro atoms. The van der Waals surface area contributed by atoms with Crippen LogP contribution >= 0.6 is 22.6 Å². The van der Waals surface area contributed by atoms with Gasteiger partial charge in [0.05, 0.1) is 29.3 Å². The minimum atomic E-state index is -2.79. The first-order valence-electron chi connectivity index (χ1n) is 3.84. The molecule has 76 valence electrons. The zero-order valence-corrected chi connectivity index (χ0v) is 9.49. The molecule has 0 fully saturated rings. The second kappa shape index (κ2) is 4.99. The Morgan fingerprint density at radius 2 is 2.13 bits per heavy atom. The lowest BCUT2D eigenvalue weighted by Gasteiger charge is -2.08. The largest absolute Gasteiger partial charge is 0.266 e. The van der Waals surface area contributed by atoms with Crippen molar-refractivity contribution in [2.45, 2.75) is 12.8 Å². The first-order chi connectivity index (χ1) is 7.11. The first kappa shape index (κ1) is 11.8. The highest BCUT2D eigenvalue weighted by molar-refractivity contribution is 14.1. The molecule has 0 unspecified atom stereocenters. The van der Waals surface area contributed by atoms with Gasteiger partial charge < -0.3 is 0 Å². The Bertz CT molecular complexity index is 460. The summed E-state index contributed by atoms with van der Waals surface area (Å²) >= 11 is 1.76. The van der Waals surface area contributed by atoms with Crippen LogP contribution in [-0.4, -0.2) is 4.98 Å². The third kappa shape index (κ3) is 2.39. The fourth-order valence-corrected chi connectivity index (χ4v) is 1.66. The molecule has 3 nitrogen and oxygen atoms in total. The standard InChI is InChI=1S/C9H4F2IN3/c10-9(11)8-5(3-14)6(12)4-15-7(8)1-2-13/h4,9H,1H2. The lowest BCUT2D eigenvalue weighted by molar-refractivity contribution is 0.149. The highest BCUT2D eigenvalue weighted by Gasteiger charge is 2.21. The molecule has 0 aliphatic carbocycles. The average molecular weight is 319 g/mol. The van der Waals surface area contributed by atoms with Crippen LogP contribution in [0, 0.1) is 26.2 Å². The topological polar surface area (TPSA) is 60.5 Å². The molecule has 0 aromatic carbocycles. The summed E-state index contributed by atoms with van der Waals surface area (Å²) in [5.74, 6) is 0. The Labute approximate surface area is 98.5 Å². The van der Waals surface area contributed by atoms with Crippen molar-refractivity contribution in [1.82, 2.24) is 4.98 Å². The van der Waals surface area contributed by atoms with E-state index < -0.39 is 12.0 Å². The Balaban J connectivity index is 3.45. The highest BCUT2D eigenvalue weighted by Crippen LogP contribution is 2.28. The van der Waals surface area contributed by atoms with E-state index >= 15 is 0 Å². The summed E-state index contributed by atoms with van der Waals surface area (Å²) in [7, 11) is 0. The molecular formula is C9H4F2IN3. The molecule has 0 atom stereocenters. The molecule has 0 saturated carbocycles. The quantitative estimate of drug-likeness (QED) is 0.787. The van der Waals surface area contributed by atoms with E-state index in [-0.39, 0.29) is 17.7 Å². The van der Waals surface area contributed by atoms with Crippen LogP contribution in [0.25, 0.3) is 0 Å². The van der Waals surface area contributed by atoms with Gasteiger partial charge in [-0.05, 0) is 22.6 Å². The normalized spacial score (nSPS) is 9.73. The van der Waals surface area contributed by atoms with Crippen LogP contribution in [0.4, 0.5) is 8.78 Å². The number of rotatable bonds is 2. The predicted octanol–water partition coefficient (Wildman–Crippen LogP) is 2.56. The summed E-state index contributed by atoms with van der Waals surface area (Å²) in [5, 5.41) is 17.2. The van der Waals surface area contributed by atoms with Crippen LogP contribution in [0.3, 0.4) is 0 Å². The average Bonchev–Trinajstić information content (AvgIpc) is 2.20. The molecule has 15 heavy (non-hydrogen) atoms.